The molecule has 2 aliphatic heterocycles. The van der Waals surface area contributed by atoms with E-state index < -0.39 is 73.8 Å². The third-order valence-corrected chi connectivity index (χ3v) is 16.7. The monoisotopic (exact) mass is 1130 g/mol. The van der Waals surface area contributed by atoms with Crippen LogP contribution in [0.4, 0.5) is 0 Å². The molecular weight excluding hydrogens is 1060 g/mol. The second-order valence-electron chi connectivity index (χ2n) is 19.8. The van der Waals surface area contributed by atoms with E-state index in [1.165, 1.54) is 0 Å². The summed E-state index contributed by atoms with van der Waals surface area (Å²) in [5.41, 5.74) is 8.27. The molecule has 8 aromatic carbocycles. The summed E-state index contributed by atoms with van der Waals surface area (Å²) >= 11 is -0.574. The van der Waals surface area contributed by atoms with E-state index in [-0.39, 0.29) is 13.2 Å². The Bertz CT molecular complexity index is 2700. The quantitative estimate of drug-likeness (QED) is 0.0442. The van der Waals surface area contributed by atoms with Crippen LogP contribution in [0.3, 0.4) is 0 Å². The van der Waals surface area contributed by atoms with Gasteiger partial charge in [-0.3, -0.25) is 0 Å². The molecule has 79 heavy (non-hydrogen) atoms. The molecule has 2 saturated heterocycles. The van der Waals surface area contributed by atoms with Gasteiger partial charge in [0.05, 0.1) is 0 Å². The fourth-order valence-electron chi connectivity index (χ4n) is 9.85. The SMILES string of the molecule is c1ccc(COC[C@H]2O[C@H]([Se][C@H]3O[C@H](COCc4ccccc4)[C@@H](OCc4ccccc4)[C@H](OCc4ccccc4)[C@H]3OCc3ccccc3)[C@H](OCc3ccccc3)[C@@H](OCc3ccccc3)[C@@H]2OCc2ccccc2)cc1. The second-order valence-corrected chi connectivity index (χ2v) is 22.3. The summed E-state index contributed by atoms with van der Waals surface area (Å²) in [5, 5.41) is -1.15. The van der Waals surface area contributed by atoms with Gasteiger partial charge in [-0.25, -0.2) is 0 Å². The summed E-state index contributed by atoms with van der Waals surface area (Å²) in [4.78, 5) is 0. The summed E-state index contributed by atoms with van der Waals surface area (Å²) in [7, 11) is 0. The topological polar surface area (TPSA) is 92.3 Å². The summed E-state index contributed by atoms with van der Waals surface area (Å²) < 4.78 is 71.4. The number of rotatable bonds is 28. The van der Waals surface area contributed by atoms with Crippen LogP contribution in [0.15, 0.2) is 243 Å². The first-order chi connectivity index (χ1) is 39.2. The Morgan fingerprint density at radius 2 is 0.443 bits per heavy atom. The van der Waals surface area contributed by atoms with Crippen molar-refractivity contribution in [3.05, 3.63) is 287 Å². The van der Waals surface area contributed by atoms with Crippen molar-refractivity contribution in [3.63, 3.8) is 0 Å². The fourth-order valence-corrected chi connectivity index (χ4v) is 12.9. The Hall–Kier alpha value is -6.12. The maximum absolute atomic E-state index is 7.53. The average Bonchev–Trinajstić information content (AvgIpc) is 3.56. The minimum absolute atomic E-state index is 0.227. The van der Waals surface area contributed by atoms with E-state index in [0.717, 1.165) is 44.5 Å². The zero-order chi connectivity index (χ0) is 53.5. The molecule has 0 amide bonds. The van der Waals surface area contributed by atoms with Gasteiger partial charge < -0.3 is 0 Å². The van der Waals surface area contributed by atoms with Gasteiger partial charge in [0.1, 0.15) is 0 Å². The van der Waals surface area contributed by atoms with E-state index in [1.807, 2.05) is 146 Å². The van der Waals surface area contributed by atoms with Crippen molar-refractivity contribution in [1.82, 2.24) is 0 Å². The van der Waals surface area contributed by atoms with Crippen molar-refractivity contribution in [1.29, 1.82) is 0 Å². The molecule has 0 aliphatic carbocycles. The Morgan fingerprint density at radius 1 is 0.241 bits per heavy atom. The molecule has 408 valence electrons. The van der Waals surface area contributed by atoms with Gasteiger partial charge in [0.25, 0.3) is 0 Å². The van der Waals surface area contributed by atoms with Crippen LogP contribution in [0, 0.1) is 0 Å². The van der Waals surface area contributed by atoms with E-state index in [0.29, 0.717) is 52.9 Å². The molecule has 2 aliphatic rings. The number of hydrogen-bond donors (Lipinski definition) is 0. The van der Waals surface area contributed by atoms with Crippen LogP contribution >= 0.6 is 0 Å². The molecular formula is C68H70O10Se. The average molecular weight is 1130 g/mol. The van der Waals surface area contributed by atoms with Gasteiger partial charge in [0.15, 0.2) is 0 Å². The molecule has 0 N–H and O–H groups in total. The van der Waals surface area contributed by atoms with Crippen molar-refractivity contribution in [2.24, 2.45) is 0 Å². The van der Waals surface area contributed by atoms with Crippen LogP contribution in [0.1, 0.15) is 44.5 Å². The molecule has 0 spiro atoms. The van der Waals surface area contributed by atoms with Crippen molar-refractivity contribution >= 4 is 15.0 Å². The Kier molecular flexibility index (Phi) is 21.7. The predicted octanol–water partition coefficient (Wildman–Crippen LogP) is 12.1. The summed E-state index contributed by atoms with van der Waals surface area (Å²) in [6.45, 7) is 3.14. The third-order valence-electron chi connectivity index (χ3n) is 13.9. The molecule has 0 bridgehead atoms. The first kappa shape index (κ1) is 56.2. The van der Waals surface area contributed by atoms with Crippen molar-refractivity contribution in [2.45, 2.75) is 112 Å². The Labute approximate surface area is 472 Å². The summed E-state index contributed by atoms with van der Waals surface area (Å²) in [6.07, 6.45) is -4.91. The molecule has 2 fully saturated rings. The van der Waals surface area contributed by atoms with Crippen LogP contribution in [-0.2, 0) is 100 Å². The number of benzene rings is 8. The zero-order valence-corrected chi connectivity index (χ0v) is 46.1. The van der Waals surface area contributed by atoms with Crippen LogP contribution in [-0.4, -0.2) is 87.0 Å². The summed E-state index contributed by atoms with van der Waals surface area (Å²) in [5.74, 6) is 0. The fraction of sp³-hybridized carbons (Fsp3) is 0.294. The first-order valence-electron chi connectivity index (χ1n) is 27.3. The van der Waals surface area contributed by atoms with E-state index in [9.17, 15) is 0 Å². The minimum atomic E-state index is -0.642. The van der Waals surface area contributed by atoms with E-state index in [1.54, 1.807) is 0 Å². The standard InChI is InChI=1S/C68H70O10Se/c1-9-25-51(26-10-1)41-69-49-59-61(71-43-53-29-13-3-14-30-53)63(73-45-55-33-17-5-18-34-55)65(75-47-57-37-21-7-22-38-57)67(77-59)79-68-66(76-48-58-39-23-8-24-40-58)64(74-46-56-35-19-6-20-36-56)62(72-44-54-31-15-4-16-32-54)60(78-68)50-70-42-52-27-11-2-12-28-52/h1-40,59-68H,41-50H2/t59-,60-,61-,62-,63+,64+,65-,66-,67-,68-/m1/s1. The van der Waals surface area contributed by atoms with Crippen LogP contribution in [0.5, 0.6) is 0 Å². The molecule has 8 aromatic rings. The molecule has 0 unspecified atom stereocenters. The normalized spacial score (nSPS) is 23.0. The molecule has 10 rings (SSSR count). The number of hydrogen-bond acceptors (Lipinski definition) is 10. The predicted molar refractivity (Wildman–Crippen MR) is 305 cm³/mol. The van der Waals surface area contributed by atoms with Gasteiger partial charge >= 0.3 is 474 Å². The molecule has 0 saturated carbocycles. The van der Waals surface area contributed by atoms with Gasteiger partial charge in [-0.05, 0) is 0 Å². The van der Waals surface area contributed by atoms with Crippen molar-refractivity contribution < 1.29 is 47.4 Å². The van der Waals surface area contributed by atoms with E-state index in [4.69, 9.17) is 47.4 Å². The van der Waals surface area contributed by atoms with Crippen LogP contribution < -0.4 is 0 Å². The molecule has 11 heteroatoms. The van der Waals surface area contributed by atoms with E-state index >= 15 is 0 Å². The van der Waals surface area contributed by atoms with Gasteiger partial charge in [0.2, 0.25) is 0 Å². The van der Waals surface area contributed by atoms with Crippen LogP contribution in [0.25, 0.3) is 0 Å². The molecule has 0 aromatic heterocycles. The Balaban J connectivity index is 1.04. The van der Waals surface area contributed by atoms with Crippen LogP contribution in [0.2, 0.25) is 0 Å². The van der Waals surface area contributed by atoms with Crippen molar-refractivity contribution in [3.8, 4) is 0 Å². The van der Waals surface area contributed by atoms with Gasteiger partial charge in [-0.1, -0.05) is 0 Å². The second kappa shape index (κ2) is 30.5. The summed E-state index contributed by atoms with van der Waals surface area (Å²) in [6, 6.07) is 81.8. The molecule has 2 heterocycles. The first-order valence-corrected chi connectivity index (χ1v) is 29.3. The number of ether oxygens (including phenoxy) is 10. The van der Waals surface area contributed by atoms with E-state index in [2.05, 4.69) is 97.1 Å². The van der Waals surface area contributed by atoms with Gasteiger partial charge in [0, 0.05) is 0 Å². The molecule has 10 nitrogen and oxygen atoms in total. The third kappa shape index (κ3) is 17.0. The van der Waals surface area contributed by atoms with Gasteiger partial charge in [-0.15, -0.1) is 0 Å². The molecule has 0 radical (unpaired) electrons. The molecule has 10 atom stereocenters. The van der Waals surface area contributed by atoms with Gasteiger partial charge in [-0.2, -0.15) is 0 Å². The Morgan fingerprint density at radius 3 is 0.684 bits per heavy atom. The zero-order valence-electron chi connectivity index (χ0n) is 44.4. The van der Waals surface area contributed by atoms with Crippen molar-refractivity contribution in [2.75, 3.05) is 13.2 Å². The maximum atomic E-state index is 7.53.